The van der Waals surface area contributed by atoms with E-state index in [0.717, 1.165) is 22.3 Å². The Morgan fingerprint density at radius 2 is 1.12 bits per heavy atom. The molecule has 0 aliphatic rings. The molecular weight excluding hydrogens is 548 g/mol. The number of rotatable bonds is 18. The maximum atomic E-state index is 11.6. The molecule has 0 radical (unpaired) electrons. The van der Waals surface area contributed by atoms with Crippen LogP contribution in [0.1, 0.15) is 49.9 Å². The molecule has 0 saturated heterocycles. The second-order valence-electron chi connectivity index (χ2n) is 10.9. The first kappa shape index (κ1) is 35.1. The van der Waals surface area contributed by atoms with Crippen LogP contribution in [0.4, 0.5) is 0 Å². The molecule has 0 aliphatic carbocycles. The van der Waals surface area contributed by atoms with E-state index >= 15 is 0 Å². The maximum Gasteiger partial charge on any atom is 0.333 e. The summed E-state index contributed by atoms with van der Waals surface area (Å²) in [5.41, 5.74) is 4.00. The number of benzene rings is 2. The molecule has 0 bridgehead atoms. The molecule has 0 fully saturated rings. The molecule has 8 nitrogen and oxygen atoms in total. The summed E-state index contributed by atoms with van der Waals surface area (Å²) in [6.07, 6.45) is 2.69. The molecule has 2 atom stereocenters. The van der Waals surface area contributed by atoms with Gasteiger partial charge in [-0.05, 0) is 61.1 Å². The first-order valence-corrected chi connectivity index (χ1v) is 14.1. The average molecular weight is 593 g/mol. The molecule has 0 spiro atoms. The molecule has 2 unspecified atom stereocenters. The highest BCUT2D eigenvalue weighted by molar-refractivity contribution is 5.87. The van der Waals surface area contributed by atoms with E-state index in [1.165, 1.54) is 0 Å². The van der Waals surface area contributed by atoms with E-state index in [-0.39, 0.29) is 37.6 Å². The summed E-state index contributed by atoms with van der Waals surface area (Å²) in [4.78, 5) is 23.2. The van der Waals surface area contributed by atoms with E-state index in [1.807, 2.05) is 24.3 Å². The van der Waals surface area contributed by atoms with Crippen LogP contribution >= 0.6 is 0 Å². The molecule has 2 aromatic carbocycles. The fourth-order valence-corrected chi connectivity index (χ4v) is 4.07. The van der Waals surface area contributed by atoms with Gasteiger partial charge in [-0.25, -0.2) is 9.59 Å². The summed E-state index contributed by atoms with van der Waals surface area (Å²) in [7, 11) is 0. The summed E-state index contributed by atoms with van der Waals surface area (Å²) in [6, 6.07) is 11.8. The number of ether oxygens (including phenoxy) is 4. The lowest BCUT2D eigenvalue weighted by molar-refractivity contribution is -0.143. The number of carbonyl (C=O) groups is 2. The molecule has 2 rings (SSSR count). The summed E-state index contributed by atoms with van der Waals surface area (Å²) >= 11 is 0. The minimum atomic E-state index is -0.993. The predicted molar refractivity (Wildman–Crippen MR) is 167 cm³/mol. The average Bonchev–Trinajstić information content (AvgIpc) is 2.97. The minimum Gasteiger partial charge on any atom is -0.490 e. The van der Waals surface area contributed by atoms with Gasteiger partial charge >= 0.3 is 11.9 Å². The van der Waals surface area contributed by atoms with Crippen LogP contribution in [-0.4, -0.2) is 60.8 Å². The number of allylic oxidation sites excluding steroid dienone is 2. The zero-order chi connectivity index (χ0) is 32.2. The Hall–Kier alpha value is -4.14. The Kier molecular flexibility index (Phi) is 13.4. The van der Waals surface area contributed by atoms with Gasteiger partial charge in [-0.3, -0.25) is 0 Å². The van der Waals surface area contributed by atoms with Crippen molar-refractivity contribution in [2.24, 2.45) is 0 Å². The molecule has 0 amide bonds. The van der Waals surface area contributed by atoms with Crippen molar-refractivity contribution in [2.75, 3.05) is 26.4 Å². The van der Waals surface area contributed by atoms with E-state index in [2.05, 4.69) is 52.3 Å². The Balaban J connectivity index is 2.20. The van der Waals surface area contributed by atoms with Gasteiger partial charge in [0, 0.05) is 16.6 Å². The Bertz CT molecular complexity index is 1220. The lowest BCUT2D eigenvalue weighted by Gasteiger charge is -2.28. The highest BCUT2D eigenvalue weighted by atomic mass is 16.6. The third-order valence-corrected chi connectivity index (χ3v) is 6.67. The lowest BCUT2D eigenvalue weighted by atomic mass is 9.76. The first-order valence-electron chi connectivity index (χ1n) is 14.1. The maximum absolute atomic E-state index is 11.6. The molecule has 0 aromatic heterocycles. The van der Waals surface area contributed by atoms with Crippen LogP contribution < -0.4 is 9.47 Å². The number of carbonyl (C=O) groups excluding carboxylic acids is 2. The van der Waals surface area contributed by atoms with Crippen LogP contribution in [0.2, 0.25) is 0 Å². The monoisotopic (exact) mass is 592 g/mol. The van der Waals surface area contributed by atoms with Gasteiger partial charge in [0.1, 0.15) is 50.1 Å². The standard InChI is InChI=1S/C35H44O8/c1-9-11-25-17-27(13-15-31(25)40-19-29(36)21-42-33(38)23(3)4)35(7,8)28-14-16-32(26(18-28)12-10-2)41-20-30(37)22-43-34(39)24(5)6/h9-10,13-18,29-30,36-37H,1-3,5,11-12,19-22H2,4,6-8H3. The SMILES string of the molecule is C=CCc1cc(C(C)(C)c2ccc(OCC(O)COC(=O)C(=C)C)c(CC=C)c2)ccc1OCC(O)COC(=O)C(=C)C. The highest BCUT2D eigenvalue weighted by Gasteiger charge is 2.26. The summed E-state index contributed by atoms with van der Waals surface area (Å²) in [6.45, 7) is 21.6. The van der Waals surface area contributed by atoms with Crippen molar-refractivity contribution in [1.82, 2.24) is 0 Å². The van der Waals surface area contributed by atoms with E-state index in [9.17, 15) is 19.8 Å². The normalized spacial score (nSPS) is 12.4. The fraction of sp³-hybridized carbons (Fsp3) is 0.371. The largest absolute Gasteiger partial charge is 0.490 e. The van der Waals surface area contributed by atoms with E-state index in [4.69, 9.17) is 18.9 Å². The van der Waals surface area contributed by atoms with Crippen LogP contribution in [0.15, 0.2) is 86.0 Å². The number of aliphatic hydroxyl groups is 2. The third-order valence-electron chi connectivity index (χ3n) is 6.67. The number of esters is 2. The van der Waals surface area contributed by atoms with Crippen molar-refractivity contribution in [3.8, 4) is 11.5 Å². The van der Waals surface area contributed by atoms with Crippen molar-refractivity contribution in [3.05, 3.63) is 108 Å². The molecule has 0 aliphatic heterocycles. The van der Waals surface area contributed by atoms with Gasteiger partial charge in [0.05, 0.1) is 0 Å². The van der Waals surface area contributed by atoms with Crippen LogP contribution in [0, 0.1) is 0 Å². The van der Waals surface area contributed by atoms with Crippen molar-refractivity contribution in [2.45, 2.75) is 58.2 Å². The molecule has 8 heteroatoms. The van der Waals surface area contributed by atoms with Crippen LogP contribution in [0.3, 0.4) is 0 Å². The Morgan fingerprint density at radius 1 is 0.744 bits per heavy atom. The van der Waals surface area contributed by atoms with Crippen molar-refractivity contribution < 1.29 is 38.7 Å². The summed E-state index contributed by atoms with van der Waals surface area (Å²) < 4.78 is 21.8. The fourth-order valence-electron chi connectivity index (χ4n) is 4.07. The molecule has 2 N–H and O–H groups in total. The lowest BCUT2D eigenvalue weighted by Crippen LogP contribution is -2.26. The molecule has 0 heterocycles. The number of aliphatic hydroxyl groups excluding tert-OH is 2. The zero-order valence-electron chi connectivity index (χ0n) is 25.7. The number of hydrogen-bond acceptors (Lipinski definition) is 8. The topological polar surface area (TPSA) is 112 Å². The summed E-state index contributed by atoms with van der Waals surface area (Å²) in [5.74, 6) is 0.0858. The van der Waals surface area contributed by atoms with Gasteiger partial charge in [-0.2, -0.15) is 0 Å². The smallest absolute Gasteiger partial charge is 0.333 e. The second-order valence-corrected chi connectivity index (χ2v) is 10.9. The van der Waals surface area contributed by atoms with Crippen LogP contribution in [-0.2, 0) is 37.3 Å². The Labute approximate surface area is 254 Å². The predicted octanol–water partition coefficient (Wildman–Crippen LogP) is 5.19. The molecule has 2 aromatic rings. The van der Waals surface area contributed by atoms with Crippen molar-refractivity contribution in [1.29, 1.82) is 0 Å². The quantitative estimate of drug-likeness (QED) is 0.138. The van der Waals surface area contributed by atoms with Gasteiger partial charge in [0.15, 0.2) is 0 Å². The van der Waals surface area contributed by atoms with Gasteiger partial charge in [0.25, 0.3) is 0 Å². The van der Waals surface area contributed by atoms with Crippen molar-refractivity contribution >= 4 is 11.9 Å². The van der Waals surface area contributed by atoms with Crippen molar-refractivity contribution in [3.63, 3.8) is 0 Å². The zero-order valence-corrected chi connectivity index (χ0v) is 25.7. The molecular formula is C35H44O8. The van der Waals surface area contributed by atoms with Gasteiger partial charge in [-0.1, -0.05) is 63.4 Å². The van der Waals surface area contributed by atoms with Gasteiger partial charge in [-0.15, -0.1) is 13.2 Å². The van der Waals surface area contributed by atoms with E-state index in [1.54, 1.807) is 26.0 Å². The van der Waals surface area contributed by atoms with Crippen LogP contribution in [0.5, 0.6) is 11.5 Å². The van der Waals surface area contributed by atoms with Gasteiger partial charge in [0.2, 0.25) is 0 Å². The van der Waals surface area contributed by atoms with E-state index < -0.39 is 29.6 Å². The Morgan fingerprint density at radius 3 is 1.44 bits per heavy atom. The minimum absolute atomic E-state index is 0.0479. The number of hydrogen-bond donors (Lipinski definition) is 2. The molecule has 43 heavy (non-hydrogen) atoms. The first-order chi connectivity index (χ1) is 20.3. The second kappa shape index (κ2) is 16.5. The summed E-state index contributed by atoms with van der Waals surface area (Å²) in [5, 5.41) is 20.4. The molecule has 0 saturated carbocycles. The molecule has 232 valence electrons. The van der Waals surface area contributed by atoms with Gasteiger partial charge < -0.3 is 29.2 Å². The van der Waals surface area contributed by atoms with Crippen LogP contribution in [0.25, 0.3) is 0 Å². The van der Waals surface area contributed by atoms with E-state index in [0.29, 0.717) is 24.3 Å². The third kappa shape index (κ3) is 10.6. The highest BCUT2D eigenvalue weighted by Crippen LogP contribution is 2.36.